The molecule has 1 amide bonds. The summed E-state index contributed by atoms with van der Waals surface area (Å²) in [6, 6.07) is 9.76. The molecule has 1 N–H and O–H groups in total. The van der Waals surface area contributed by atoms with Crippen LogP contribution in [0, 0.1) is 5.82 Å². The number of halogens is 1. The Morgan fingerprint density at radius 1 is 1.23 bits per heavy atom. The maximum Gasteiger partial charge on any atom is 0.301 e. The smallest absolute Gasteiger partial charge is 0.301 e. The molecule has 6 nitrogen and oxygen atoms in total. The van der Waals surface area contributed by atoms with Crippen LogP contribution in [0.4, 0.5) is 9.52 Å². The lowest BCUT2D eigenvalue weighted by atomic mass is 9.94. The zero-order chi connectivity index (χ0) is 21.7. The molecule has 8 heteroatoms. The van der Waals surface area contributed by atoms with Gasteiger partial charge in [-0.15, -0.1) is 11.3 Å². The Morgan fingerprint density at radius 3 is 2.71 bits per heavy atom. The van der Waals surface area contributed by atoms with Gasteiger partial charge in [0.05, 0.1) is 11.6 Å². The number of aromatic nitrogens is 1. The van der Waals surface area contributed by atoms with Crippen LogP contribution in [0.3, 0.4) is 0 Å². The van der Waals surface area contributed by atoms with Crippen molar-refractivity contribution >= 4 is 33.9 Å². The van der Waals surface area contributed by atoms with E-state index in [1.165, 1.54) is 46.7 Å². The zero-order valence-electron chi connectivity index (χ0n) is 16.4. The molecule has 31 heavy (non-hydrogen) atoms. The number of nitrogens with zero attached hydrogens (tertiary/aromatic N) is 2. The number of carbonyl (C=O) groups is 2. The Balaban J connectivity index is 1.68. The normalized spacial score (nSPS) is 21.9. The fourth-order valence-electron chi connectivity index (χ4n) is 4.05. The Labute approximate surface area is 181 Å². The fraction of sp³-hybridized carbons (Fsp3) is 0.174. The van der Waals surface area contributed by atoms with Crippen molar-refractivity contribution in [3.8, 4) is 5.75 Å². The lowest BCUT2D eigenvalue weighted by Gasteiger charge is -2.23. The largest absolute Gasteiger partial charge is 0.507 e. The van der Waals surface area contributed by atoms with Gasteiger partial charge in [0.2, 0.25) is 0 Å². The highest BCUT2D eigenvalue weighted by Crippen LogP contribution is 2.43. The fourth-order valence-corrected chi connectivity index (χ4v) is 4.72. The van der Waals surface area contributed by atoms with Crippen LogP contribution in [-0.4, -0.2) is 27.9 Å². The van der Waals surface area contributed by atoms with E-state index in [0.29, 0.717) is 22.7 Å². The lowest BCUT2D eigenvalue weighted by Crippen LogP contribution is -2.29. The van der Waals surface area contributed by atoms with E-state index >= 15 is 0 Å². The van der Waals surface area contributed by atoms with E-state index in [2.05, 4.69) is 4.98 Å². The molecule has 1 aromatic heterocycles. The Morgan fingerprint density at radius 2 is 2.00 bits per heavy atom. The summed E-state index contributed by atoms with van der Waals surface area (Å²) in [6.45, 7) is 1.95. The summed E-state index contributed by atoms with van der Waals surface area (Å²) in [4.78, 5) is 31.4. The van der Waals surface area contributed by atoms with Gasteiger partial charge in [-0.2, -0.15) is 0 Å². The third-order valence-electron chi connectivity index (χ3n) is 5.42. The molecule has 0 spiro atoms. The van der Waals surface area contributed by atoms with E-state index in [-0.39, 0.29) is 17.4 Å². The number of aliphatic hydroxyl groups is 1. The van der Waals surface area contributed by atoms with E-state index in [1.54, 1.807) is 23.6 Å². The van der Waals surface area contributed by atoms with Crippen molar-refractivity contribution in [2.75, 3.05) is 4.90 Å². The number of rotatable bonds is 3. The van der Waals surface area contributed by atoms with Crippen LogP contribution < -0.4 is 9.64 Å². The van der Waals surface area contributed by atoms with Crippen molar-refractivity contribution in [1.82, 2.24) is 4.98 Å². The first kappa shape index (κ1) is 19.4. The van der Waals surface area contributed by atoms with Crippen LogP contribution in [0.1, 0.15) is 29.7 Å². The molecule has 0 radical (unpaired) electrons. The van der Waals surface area contributed by atoms with Gasteiger partial charge in [0.25, 0.3) is 5.78 Å². The summed E-state index contributed by atoms with van der Waals surface area (Å²) < 4.78 is 19.2. The second-order valence-electron chi connectivity index (χ2n) is 7.49. The van der Waals surface area contributed by atoms with Gasteiger partial charge in [-0.3, -0.25) is 14.5 Å². The van der Waals surface area contributed by atoms with E-state index < -0.39 is 23.5 Å². The van der Waals surface area contributed by atoms with E-state index in [0.717, 1.165) is 11.3 Å². The number of ketones is 1. The Kier molecular flexibility index (Phi) is 4.59. The topological polar surface area (TPSA) is 79.7 Å². The Hall–Kier alpha value is -3.52. The molecule has 156 valence electrons. The van der Waals surface area contributed by atoms with E-state index in [9.17, 15) is 19.1 Å². The van der Waals surface area contributed by atoms with E-state index in [4.69, 9.17) is 4.74 Å². The number of Topliss-reactive ketones (excluding diaryl/α,β-unsaturated/α-hetero) is 1. The summed E-state index contributed by atoms with van der Waals surface area (Å²) >= 11 is 1.20. The second kappa shape index (κ2) is 7.31. The monoisotopic (exact) mass is 436 g/mol. The minimum atomic E-state index is -0.921. The average molecular weight is 436 g/mol. The third-order valence-corrected chi connectivity index (χ3v) is 6.20. The maximum atomic E-state index is 13.5. The summed E-state index contributed by atoms with van der Waals surface area (Å²) in [5, 5.41) is 13.2. The van der Waals surface area contributed by atoms with Gasteiger partial charge < -0.3 is 9.84 Å². The summed E-state index contributed by atoms with van der Waals surface area (Å²) in [7, 11) is 0. The van der Waals surface area contributed by atoms with Crippen molar-refractivity contribution in [3.63, 3.8) is 0 Å². The van der Waals surface area contributed by atoms with Crippen LogP contribution >= 0.6 is 11.3 Å². The summed E-state index contributed by atoms with van der Waals surface area (Å²) in [5.41, 5.74) is 1.78. The molecule has 0 unspecified atom stereocenters. The van der Waals surface area contributed by atoms with E-state index in [1.807, 2.05) is 6.92 Å². The molecule has 2 atom stereocenters. The molecule has 3 aromatic rings. The molecule has 3 heterocycles. The van der Waals surface area contributed by atoms with Crippen molar-refractivity contribution in [1.29, 1.82) is 0 Å². The molecule has 2 aliphatic heterocycles. The molecule has 0 saturated carbocycles. The van der Waals surface area contributed by atoms with Gasteiger partial charge in [-0.1, -0.05) is 12.1 Å². The number of anilines is 1. The maximum absolute atomic E-state index is 13.5. The highest BCUT2D eigenvalue weighted by molar-refractivity contribution is 7.14. The molecule has 5 rings (SSSR count). The minimum Gasteiger partial charge on any atom is -0.507 e. The molecule has 2 aromatic carbocycles. The van der Waals surface area contributed by atoms with Crippen LogP contribution in [0.15, 0.2) is 59.6 Å². The number of fused-ring (bicyclic) bond motifs is 1. The molecular weight excluding hydrogens is 419 g/mol. The predicted octanol–water partition coefficient (Wildman–Crippen LogP) is 4.23. The quantitative estimate of drug-likeness (QED) is 0.378. The van der Waals surface area contributed by atoms with Crippen LogP contribution in [0.2, 0.25) is 0 Å². The first-order valence-corrected chi connectivity index (χ1v) is 10.6. The van der Waals surface area contributed by atoms with Gasteiger partial charge in [0.1, 0.15) is 23.4 Å². The number of carbonyl (C=O) groups excluding carboxylic acids is 2. The van der Waals surface area contributed by atoms with Gasteiger partial charge >= 0.3 is 5.91 Å². The molecule has 1 saturated heterocycles. The third kappa shape index (κ3) is 3.19. The standard InChI is InChI=1S/C23H17FN2O4S/c1-12-10-15-11-14(4-7-17(15)30-12)20(27)18-19(13-2-5-16(24)6-3-13)26(22(29)21(18)28)23-25-8-9-31-23/h2-9,11-12,19,27H,10H2,1H3/b20-18+/t12-,19-/m1/s1. The van der Waals surface area contributed by atoms with Crippen molar-refractivity contribution < 1.29 is 23.8 Å². The summed E-state index contributed by atoms with van der Waals surface area (Å²) in [5.74, 6) is -1.59. The molecule has 2 aliphatic rings. The molecular formula is C23H17FN2O4S. The van der Waals surface area contributed by atoms with Gasteiger partial charge in [-0.05, 0) is 48.4 Å². The predicted molar refractivity (Wildman–Crippen MR) is 114 cm³/mol. The number of ether oxygens (including phenoxy) is 1. The minimum absolute atomic E-state index is 0.0297. The van der Waals surface area contributed by atoms with Gasteiger partial charge in [0, 0.05) is 23.6 Å². The van der Waals surface area contributed by atoms with Crippen LogP contribution in [0.5, 0.6) is 5.75 Å². The number of benzene rings is 2. The number of aliphatic hydroxyl groups excluding tert-OH is 1. The first-order chi connectivity index (χ1) is 14.9. The highest BCUT2D eigenvalue weighted by Gasteiger charge is 2.48. The first-order valence-electron chi connectivity index (χ1n) is 9.70. The Bertz CT molecular complexity index is 1220. The van der Waals surface area contributed by atoms with Crippen LogP contribution in [0.25, 0.3) is 5.76 Å². The number of hydrogen-bond acceptors (Lipinski definition) is 6. The zero-order valence-corrected chi connectivity index (χ0v) is 17.2. The average Bonchev–Trinajstić information content (AvgIpc) is 3.46. The van der Waals surface area contributed by atoms with Crippen molar-refractivity contribution in [2.45, 2.75) is 25.5 Å². The lowest BCUT2D eigenvalue weighted by molar-refractivity contribution is -0.132. The SMILES string of the molecule is C[C@@H]1Cc2cc(/C(O)=C3\C(=O)C(=O)N(c4nccs4)[C@@H]3c3ccc(F)cc3)ccc2O1. The molecule has 1 fully saturated rings. The summed E-state index contributed by atoms with van der Waals surface area (Å²) in [6.07, 6.45) is 2.25. The second-order valence-corrected chi connectivity index (χ2v) is 8.36. The number of hydrogen-bond donors (Lipinski definition) is 1. The van der Waals surface area contributed by atoms with Crippen molar-refractivity contribution in [2.24, 2.45) is 0 Å². The van der Waals surface area contributed by atoms with Crippen molar-refractivity contribution in [3.05, 3.63) is 82.1 Å². The number of amides is 1. The number of thiazole rings is 1. The molecule has 0 aliphatic carbocycles. The van der Waals surface area contributed by atoms with Gasteiger partial charge in [-0.25, -0.2) is 9.37 Å². The van der Waals surface area contributed by atoms with Gasteiger partial charge in [0.15, 0.2) is 5.13 Å². The highest BCUT2D eigenvalue weighted by atomic mass is 32.1. The molecule has 0 bridgehead atoms. The van der Waals surface area contributed by atoms with Crippen LogP contribution in [-0.2, 0) is 16.0 Å².